The van der Waals surface area contributed by atoms with Crippen molar-refractivity contribution in [3.63, 3.8) is 0 Å². The van der Waals surface area contributed by atoms with Gasteiger partial charge < -0.3 is 4.74 Å². The fourth-order valence-corrected chi connectivity index (χ4v) is 3.61. The van der Waals surface area contributed by atoms with Gasteiger partial charge in [0.2, 0.25) is 0 Å². The lowest BCUT2D eigenvalue weighted by molar-refractivity contribution is -0.148. The van der Waals surface area contributed by atoms with Crippen molar-refractivity contribution in [2.75, 3.05) is 26.7 Å². The van der Waals surface area contributed by atoms with Crippen LogP contribution in [0.4, 0.5) is 0 Å². The predicted octanol–water partition coefficient (Wildman–Crippen LogP) is 1.74. The van der Waals surface area contributed by atoms with Crippen LogP contribution in [-0.2, 0) is 9.53 Å². The van der Waals surface area contributed by atoms with Crippen molar-refractivity contribution in [3.05, 3.63) is 0 Å². The number of piperidine rings is 1. The van der Waals surface area contributed by atoms with Crippen LogP contribution < -0.4 is 0 Å². The highest BCUT2D eigenvalue weighted by molar-refractivity contribution is 5.72. The molecule has 2 rings (SSSR count). The summed E-state index contributed by atoms with van der Waals surface area (Å²) in [5.41, 5.74) is 0. The topological polar surface area (TPSA) is 32.8 Å². The zero-order chi connectivity index (χ0) is 14.0. The van der Waals surface area contributed by atoms with E-state index in [4.69, 9.17) is 4.74 Å². The number of carbonyl (C=O) groups excluding carboxylic acids is 1. The molecule has 2 saturated heterocycles. The first-order valence-corrected chi connectivity index (χ1v) is 7.62. The van der Waals surface area contributed by atoms with Crippen molar-refractivity contribution in [2.24, 2.45) is 5.92 Å². The first-order chi connectivity index (χ1) is 9.04. The smallest absolute Gasteiger partial charge is 0.309 e. The zero-order valence-corrected chi connectivity index (χ0v) is 12.8. The highest BCUT2D eigenvalue weighted by Crippen LogP contribution is 2.27. The SMILES string of the molecule is COC(=O)C(C)C(C)N1CC2CCCCN2CC1C. The predicted molar refractivity (Wildman–Crippen MR) is 76.0 cm³/mol. The van der Waals surface area contributed by atoms with Gasteiger partial charge in [0.05, 0.1) is 13.0 Å². The minimum absolute atomic E-state index is 0.0532. The van der Waals surface area contributed by atoms with Gasteiger partial charge in [0.1, 0.15) is 0 Å². The molecule has 0 amide bonds. The minimum atomic E-state index is -0.0919. The lowest BCUT2D eigenvalue weighted by atomic mass is 9.93. The molecule has 2 aliphatic heterocycles. The summed E-state index contributed by atoms with van der Waals surface area (Å²) in [6.45, 7) is 9.93. The highest BCUT2D eigenvalue weighted by Gasteiger charge is 2.37. The van der Waals surface area contributed by atoms with E-state index in [1.165, 1.54) is 32.9 Å². The average Bonchev–Trinajstić information content (AvgIpc) is 2.44. The van der Waals surface area contributed by atoms with Crippen molar-refractivity contribution in [3.8, 4) is 0 Å². The number of methoxy groups -OCH3 is 1. The van der Waals surface area contributed by atoms with Crippen LogP contribution in [0.2, 0.25) is 0 Å². The van der Waals surface area contributed by atoms with Gasteiger partial charge in [0, 0.05) is 31.2 Å². The summed E-state index contributed by atoms with van der Waals surface area (Å²) in [7, 11) is 1.48. The van der Waals surface area contributed by atoms with Crippen molar-refractivity contribution in [1.82, 2.24) is 9.80 Å². The molecule has 0 aromatic rings. The van der Waals surface area contributed by atoms with Gasteiger partial charge in [-0.25, -0.2) is 0 Å². The van der Waals surface area contributed by atoms with Gasteiger partial charge in [-0.1, -0.05) is 13.3 Å². The second-order valence-electron chi connectivity index (χ2n) is 6.24. The third-order valence-corrected chi connectivity index (χ3v) is 5.06. The van der Waals surface area contributed by atoms with Crippen LogP contribution in [0.3, 0.4) is 0 Å². The third kappa shape index (κ3) is 3.11. The fraction of sp³-hybridized carbons (Fsp3) is 0.933. The highest BCUT2D eigenvalue weighted by atomic mass is 16.5. The number of fused-ring (bicyclic) bond motifs is 1. The number of carbonyl (C=O) groups is 1. The van der Waals surface area contributed by atoms with E-state index >= 15 is 0 Å². The molecule has 2 heterocycles. The van der Waals surface area contributed by atoms with Crippen molar-refractivity contribution in [1.29, 1.82) is 0 Å². The van der Waals surface area contributed by atoms with E-state index in [0.717, 1.165) is 13.1 Å². The maximum atomic E-state index is 11.7. The summed E-state index contributed by atoms with van der Waals surface area (Å²) in [5.74, 6) is -0.145. The van der Waals surface area contributed by atoms with Crippen LogP contribution >= 0.6 is 0 Å². The molecule has 4 atom stereocenters. The summed E-state index contributed by atoms with van der Waals surface area (Å²) in [4.78, 5) is 16.9. The Balaban J connectivity index is 2.01. The maximum Gasteiger partial charge on any atom is 0.309 e. The Bertz CT molecular complexity index is 321. The summed E-state index contributed by atoms with van der Waals surface area (Å²) >= 11 is 0. The largest absolute Gasteiger partial charge is 0.469 e. The van der Waals surface area contributed by atoms with Gasteiger partial charge in [-0.2, -0.15) is 0 Å². The van der Waals surface area contributed by atoms with Crippen molar-refractivity contribution in [2.45, 2.75) is 58.2 Å². The van der Waals surface area contributed by atoms with Gasteiger partial charge in [-0.3, -0.25) is 14.6 Å². The van der Waals surface area contributed by atoms with E-state index in [1.807, 2.05) is 6.92 Å². The number of ether oxygens (including phenoxy) is 1. The lowest BCUT2D eigenvalue weighted by Gasteiger charge is -2.50. The molecule has 0 bridgehead atoms. The number of hydrogen-bond donors (Lipinski definition) is 0. The van der Waals surface area contributed by atoms with E-state index in [2.05, 4.69) is 23.6 Å². The molecule has 4 heteroatoms. The van der Waals surface area contributed by atoms with Gasteiger partial charge in [-0.15, -0.1) is 0 Å². The number of nitrogens with zero attached hydrogens (tertiary/aromatic N) is 2. The Morgan fingerprint density at radius 3 is 2.68 bits per heavy atom. The molecule has 0 aliphatic carbocycles. The standard InChI is InChI=1S/C15H28N2O2/c1-11-9-16-8-6-5-7-14(16)10-17(11)13(3)12(2)15(18)19-4/h11-14H,5-10H2,1-4H3. The van der Waals surface area contributed by atoms with E-state index in [-0.39, 0.29) is 17.9 Å². The third-order valence-electron chi connectivity index (χ3n) is 5.06. The molecule has 0 spiro atoms. The summed E-state index contributed by atoms with van der Waals surface area (Å²) < 4.78 is 4.89. The number of rotatable bonds is 3. The van der Waals surface area contributed by atoms with E-state index in [1.54, 1.807) is 0 Å². The Morgan fingerprint density at radius 1 is 1.26 bits per heavy atom. The zero-order valence-electron chi connectivity index (χ0n) is 12.8. The molecule has 0 radical (unpaired) electrons. The summed E-state index contributed by atoms with van der Waals surface area (Å²) in [6.07, 6.45) is 4.00. The molecule has 19 heavy (non-hydrogen) atoms. The van der Waals surface area contributed by atoms with E-state index in [9.17, 15) is 4.79 Å². The summed E-state index contributed by atoms with van der Waals surface area (Å²) in [5, 5.41) is 0. The number of esters is 1. The van der Waals surface area contributed by atoms with Crippen molar-refractivity contribution >= 4 is 5.97 Å². The molecule has 2 fully saturated rings. The molecule has 2 aliphatic rings. The quantitative estimate of drug-likeness (QED) is 0.730. The van der Waals surface area contributed by atoms with Crippen LogP contribution in [0.5, 0.6) is 0 Å². The van der Waals surface area contributed by atoms with E-state index in [0.29, 0.717) is 12.1 Å². The average molecular weight is 268 g/mol. The fourth-order valence-electron chi connectivity index (χ4n) is 3.61. The van der Waals surface area contributed by atoms with Crippen molar-refractivity contribution < 1.29 is 9.53 Å². The van der Waals surface area contributed by atoms with Gasteiger partial charge in [0.15, 0.2) is 0 Å². The van der Waals surface area contributed by atoms with Gasteiger partial charge >= 0.3 is 5.97 Å². The normalized spacial score (nSPS) is 32.4. The number of hydrogen-bond acceptors (Lipinski definition) is 4. The molecule has 0 N–H and O–H groups in total. The van der Waals surface area contributed by atoms with Crippen LogP contribution in [0.1, 0.15) is 40.0 Å². The first kappa shape index (κ1) is 14.8. The molecule has 0 aromatic heterocycles. The Morgan fingerprint density at radius 2 is 2.00 bits per heavy atom. The molecule has 4 nitrogen and oxygen atoms in total. The second-order valence-corrected chi connectivity index (χ2v) is 6.24. The molecule has 4 unspecified atom stereocenters. The van der Waals surface area contributed by atoms with Crippen LogP contribution in [0.15, 0.2) is 0 Å². The van der Waals surface area contributed by atoms with Crippen LogP contribution in [0.25, 0.3) is 0 Å². The van der Waals surface area contributed by atoms with Gasteiger partial charge in [-0.05, 0) is 33.2 Å². The second kappa shape index (κ2) is 6.23. The van der Waals surface area contributed by atoms with E-state index < -0.39 is 0 Å². The molecular formula is C15H28N2O2. The Kier molecular flexibility index (Phi) is 4.85. The molecule has 110 valence electrons. The molecular weight excluding hydrogens is 240 g/mol. The lowest BCUT2D eigenvalue weighted by Crippen LogP contribution is -2.61. The number of piperazine rings is 1. The first-order valence-electron chi connectivity index (χ1n) is 7.62. The summed E-state index contributed by atoms with van der Waals surface area (Å²) in [6, 6.07) is 1.47. The van der Waals surface area contributed by atoms with Crippen LogP contribution in [0, 0.1) is 5.92 Å². The minimum Gasteiger partial charge on any atom is -0.469 e. The Labute approximate surface area is 117 Å². The van der Waals surface area contributed by atoms with Gasteiger partial charge in [0.25, 0.3) is 0 Å². The molecule has 0 saturated carbocycles. The van der Waals surface area contributed by atoms with Crippen LogP contribution in [-0.4, -0.2) is 60.6 Å². The maximum absolute atomic E-state index is 11.7. The monoisotopic (exact) mass is 268 g/mol. The Hall–Kier alpha value is -0.610. The molecule has 0 aromatic carbocycles.